The molecule has 2 amide bonds. The van der Waals surface area contributed by atoms with Gasteiger partial charge in [-0.05, 0) is 51.0 Å². The summed E-state index contributed by atoms with van der Waals surface area (Å²) in [6, 6.07) is 9.37. The molecule has 6 heteroatoms. The molecule has 1 aliphatic rings. The lowest BCUT2D eigenvalue weighted by molar-refractivity contribution is -0.126. The summed E-state index contributed by atoms with van der Waals surface area (Å²) in [5, 5.41) is 9.15. The Kier molecular flexibility index (Phi) is 5.40. The minimum Gasteiger partial charge on any atom is -0.360 e. The van der Waals surface area contributed by atoms with Crippen LogP contribution < -0.4 is 10.6 Å². The maximum atomic E-state index is 12.5. The van der Waals surface area contributed by atoms with Crippen LogP contribution in [0.15, 0.2) is 34.9 Å². The molecule has 138 valence electrons. The van der Waals surface area contributed by atoms with E-state index in [2.05, 4.69) is 47.0 Å². The second kappa shape index (κ2) is 7.72. The molecule has 2 N–H and O–H groups in total. The van der Waals surface area contributed by atoms with Crippen molar-refractivity contribution in [1.82, 2.24) is 10.5 Å². The van der Waals surface area contributed by atoms with E-state index in [0.717, 1.165) is 12.8 Å². The van der Waals surface area contributed by atoms with Gasteiger partial charge in [0.15, 0.2) is 5.82 Å². The lowest BCUT2D eigenvalue weighted by Crippen LogP contribution is -2.42. The molecular weight excluding hydrogens is 330 g/mol. The molecule has 0 radical (unpaired) electrons. The van der Waals surface area contributed by atoms with Crippen molar-refractivity contribution in [3.8, 4) is 0 Å². The van der Waals surface area contributed by atoms with Gasteiger partial charge in [0.25, 0.3) is 0 Å². The molecule has 0 bridgehead atoms. The van der Waals surface area contributed by atoms with Crippen molar-refractivity contribution in [1.29, 1.82) is 0 Å². The van der Waals surface area contributed by atoms with Gasteiger partial charge in [0, 0.05) is 12.5 Å². The number of amides is 2. The molecule has 2 aromatic rings. The van der Waals surface area contributed by atoms with Crippen LogP contribution in [0, 0.1) is 19.8 Å². The molecule has 26 heavy (non-hydrogen) atoms. The molecule has 6 nitrogen and oxygen atoms in total. The van der Waals surface area contributed by atoms with Gasteiger partial charge in [-0.25, -0.2) is 0 Å². The maximum Gasteiger partial charge on any atom is 0.247 e. The van der Waals surface area contributed by atoms with Crippen LogP contribution in [0.1, 0.15) is 49.0 Å². The Labute approximate surface area is 153 Å². The zero-order valence-electron chi connectivity index (χ0n) is 15.4. The van der Waals surface area contributed by atoms with E-state index >= 15 is 0 Å². The van der Waals surface area contributed by atoms with E-state index in [1.54, 1.807) is 19.9 Å². The number of benzene rings is 1. The van der Waals surface area contributed by atoms with Gasteiger partial charge < -0.3 is 15.2 Å². The highest BCUT2D eigenvalue weighted by Crippen LogP contribution is 2.44. The van der Waals surface area contributed by atoms with E-state index in [0.29, 0.717) is 23.9 Å². The van der Waals surface area contributed by atoms with Gasteiger partial charge in [0.2, 0.25) is 11.8 Å². The van der Waals surface area contributed by atoms with Gasteiger partial charge in [-0.2, -0.15) is 0 Å². The van der Waals surface area contributed by atoms with Crippen LogP contribution >= 0.6 is 0 Å². The smallest absolute Gasteiger partial charge is 0.247 e. The molecule has 0 spiro atoms. The van der Waals surface area contributed by atoms with Crippen LogP contribution in [0.5, 0.6) is 0 Å². The minimum atomic E-state index is -0.641. The largest absolute Gasteiger partial charge is 0.360 e. The fourth-order valence-corrected chi connectivity index (χ4v) is 3.09. The lowest BCUT2D eigenvalue weighted by Gasteiger charge is -2.19. The van der Waals surface area contributed by atoms with Gasteiger partial charge >= 0.3 is 0 Å². The number of aryl methyl sites for hydroxylation is 2. The van der Waals surface area contributed by atoms with Gasteiger partial charge in [-0.3, -0.25) is 9.59 Å². The van der Waals surface area contributed by atoms with Crippen molar-refractivity contribution in [2.24, 2.45) is 5.92 Å². The highest BCUT2D eigenvalue weighted by Gasteiger charge is 2.34. The number of rotatable bonds is 7. The predicted octanol–water partition coefficient (Wildman–Crippen LogP) is 3.32. The molecule has 2 atom stereocenters. The molecule has 1 aromatic heterocycles. The van der Waals surface area contributed by atoms with Gasteiger partial charge in [-0.15, -0.1) is 0 Å². The lowest BCUT2D eigenvalue weighted by atomic mass is 9.90. The summed E-state index contributed by atoms with van der Waals surface area (Å²) in [7, 11) is 0. The van der Waals surface area contributed by atoms with Gasteiger partial charge in [-0.1, -0.05) is 35.0 Å². The monoisotopic (exact) mass is 355 g/mol. The van der Waals surface area contributed by atoms with E-state index in [4.69, 9.17) is 4.52 Å². The van der Waals surface area contributed by atoms with Crippen molar-refractivity contribution in [2.45, 2.75) is 52.0 Å². The zero-order chi connectivity index (χ0) is 18.7. The summed E-state index contributed by atoms with van der Waals surface area (Å²) in [6.45, 7) is 5.47. The second-order valence-corrected chi connectivity index (χ2v) is 7.16. The Morgan fingerprint density at radius 1 is 1.23 bits per heavy atom. The van der Waals surface area contributed by atoms with Crippen molar-refractivity contribution in [3.63, 3.8) is 0 Å². The van der Waals surface area contributed by atoms with Crippen molar-refractivity contribution < 1.29 is 14.1 Å². The minimum absolute atomic E-state index is 0.110. The Morgan fingerprint density at radius 3 is 2.50 bits per heavy atom. The molecule has 0 aliphatic heterocycles. The molecule has 1 heterocycles. The Morgan fingerprint density at radius 2 is 1.92 bits per heavy atom. The molecule has 0 saturated heterocycles. The molecule has 1 saturated carbocycles. The van der Waals surface area contributed by atoms with Gasteiger partial charge in [0.05, 0.1) is 0 Å². The van der Waals surface area contributed by atoms with Crippen molar-refractivity contribution in [2.75, 3.05) is 5.32 Å². The summed E-state index contributed by atoms with van der Waals surface area (Å²) < 4.78 is 4.92. The SMILES string of the molecule is Cc1ccc(C(CC(=O)N[C@@H](C)C(=O)Nc2cc(C)on2)C2CC2)cc1. The summed E-state index contributed by atoms with van der Waals surface area (Å²) in [5.41, 5.74) is 2.41. The van der Waals surface area contributed by atoms with Crippen LogP contribution in [0.3, 0.4) is 0 Å². The third-order valence-corrected chi connectivity index (χ3v) is 4.75. The van der Waals surface area contributed by atoms with E-state index < -0.39 is 6.04 Å². The summed E-state index contributed by atoms with van der Waals surface area (Å²) in [6.07, 6.45) is 2.72. The molecule has 1 aromatic carbocycles. The fraction of sp³-hybridized carbons (Fsp3) is 0.450. The van der Waals surface area contributed by atoms with Crippen LogP contribution in [-0.2, 0) is 9.59 Å². The first kappa shape index (κ1) is 18.2. The van der Waals surface area contributed by atoms with Crippen LogP contribution in [0.4, 0.5) is 5.82 Å². The van der Waals surface area contributed by atoms with E-state index in [1.807, 2.05) is 0 Å². The summed E-state index contributed by atoms with van der Waals surface area (Å²) in [5.74, 6) is 1.31. The summed E-state index contributed by atoms with van der Waals surface area (Å²) >= 11 is 0. The number of carbonyl (C=O) groups is 2. The number of hydrogen-bond donors (Lipinski definition) is 2. The average Bonchev–Trinajstić information content (AvgIpc) is 3.36. The van der Waals surface area contributed by atoms with Crippen molar-refractivity contribution >= 4 is 17.6 Å². The zero-order valence-corrected chi connectivity index (χ0v) is 15.4. The second-order valence-electron chi connectivity index (χ2n) is 7.16. The van der Waals surface area contributed by atoms with E-state index in [9.17, 15) is 9.59 Å². The van der Waals surface area contributed by atoms with E-state index in [1.165, 1.54) is 11.1 Å². The van der Waals surface area contributed by atoms with Crippen molar-refractivity contribution in [3.05, 3.63) is 47.2 Å². The first-order valence-corrected chi connectivity index (χ1v) is 9.02. The highest BCUT2D eigenvalue weighted by atomic mass is 16.5. The quantitative estimate of drug-likeness (QED) is 0.798. The highest BCUT2D eigenvalue weighted by molar-refractivity contribution is 5.96. The Bertz CT molecular complexity index is 778. The fourth-order valence-electron chi connectivity index (χ4n) is 3.09. The molecule has 3 rings (SSSR count). The number of carbonyl (C=O) groups excluding carboxylic acids is 2. The number of aromatic nitrogens is 1. The standard InChI is InChI=1S/C20H25N3O3/c1-12-4-6-15(7-5-12)17(16-8-9-16)11-19(24)21-14(3)20(25)22-18-10-13(2)26-23-18/h4-7,10,14,16-17H,8-9,11H2,1-3H3,(H,21,24)(H,22,23,25)/t14-,17?/m0/s1. The normalized spacial score (nSPS) is 16.0. The molecule has 1 fully saturated rings. The van der Waals surface area contributed by atoms with Crippen LogP contribution in [-0.4, -0.2) is 23.0 Å². The number of nitrogens with one attached hydrogen (secondary N) is 2. The summed E-state index contributed by atoms with van der Waals surface area (Å²) in [4.78, 5) is 24.7. The Balaban J connectivity index is 1.56. The first-order chi connectivity index (χ1) is 12.4. The maximum absolute atomic E-state index is 12.5. The Hall–Kier alpha value is -2.63. The third kappa shape index (κ3) is 4.71. The number of nitrogens with zero attached hydrogens (tertiary/aromatic N) is 1. The molecular formula is C20H25N3O3. The van der Waals surface area contributed by atoms with Gasteiger partial charge in [0.1, 0.15) is 11.8 Å². The first-order valence-electron chi connectivity index (χ1n) is 9.02. The topological polar surface area (TPSA) is 84.2 Å². The third-order valence-electron chi connectivity index (χ3n) is 4.75. The number of hydrogen-bond acceptors (Lipinski definition) is 4. The van der Waals surface area contributed by atoms with Crippen LogP contribution in [0.2, 0.25) is 0 Å². The van der Waals surface area contributed by atoms with E-state index in [-0.39, 0.29) is 17.7 Å². The molecule has 1 aliphatic carbocycles. The average molecular weight is 355 g/mol. The number of anilines is 1. The predicted molar refractivity (Wildman–Crippen MR) is 98.7 cm³/mol. The molecule has 1 unspecified atom stereocenters. The van der Waals surface area contributed by atoms with Crippen LogP contribution in [0.25, 0.3) is 0 Å².